The van der Waals surface area contributed by atoms with Gasteiger partial charge in [0.15, 0.2) is 5.78 Å². The van der Waals surface area contributed by atoms with Crippen LogP contribution in [0.1, 0.15) is 63.9 Å². The fourth-order valence-corrected chi connectivity index (χ4v) is 4.38. The average Bonchev–Trinajstić information content (AvgIpc) is 2.84. The molecule has 0 aliphatic heterocycles. The fraction of sp³-hybridized carbons (Fsp3) is 0.393. The van der Waals surface area contributed by atoms with Crippen molar-refractivity contribution in [1.82, 2.24) is 9.88 Å². The molecule has 1 aliphatic carbocycles. The first-order chi connectivity index (χ1) is 17.1. The number of carboxylic acid groups (broad SMARTS) is 1. The lowest BCUT2D eigenvalue weighted by Crippen LogP contribution is -2.47. The van der Waals surface area contributed by atoms with Crippen LogP contribution in [0.4, 0.5) is 5.69 Å². The van der Waals surface area contributed by atoms with E-state index in [0.717, 1.165) is 36.8 Å². The molecule has 0 spiro atoms. The van der Waals surface area contributed by atoms with Crippen LogP contribution >= 0.6 is 0 Å². The summed E-state index contributed by atoms with van der Waals surface area (Å²) in [6.07, 6.45) is 6.35. The molecule has 2 aromatic rings. The second-order valence-corrected chi connectivity index (χ2v) is 9.68. The van der Waals surface area contributed by atoms with Crippen LogP contribution in [0.25, 0.3) is 11.1 Å². The van der Waals surface area contributed by atoms with Crippen LogP contribution in [0.2, 0.25) is 0 Å². The van der Waals surface area contributed by atoms with E-state index in [1.54, 1.807) is 38.2 Å². The van der Waals surface area contributed by atoms with Crippen molar-refractivity contribution in [3.8, 4) is 11.1 Å². The van der Waals surface area contributed by atoms with Crippen LogP contribution in [0.3, 0.4) is 0 Å². The number of carbonyl (C=O) groups is 3. The second-order valence-electron chi connectivity index (χ2n) is 9.68. The lowest BCUT2D eigenvalue weighted by molar-refractivity contribution is -0.134. The van der Waals surface area contributed by atoms with E-state index in [1.165, 1.54) is 18.0 Å². The molecule has 1 aliphatic rings. The second kappa shape index (κ2) is 11.7. The molecule has 0 atom stereocenters. The minimum Gasteiger partial charge on any atom is -0.478 e. The molecule has 3 rings (SSSR count). The molecular weight excluding hydrogens is 456 g/mol. The number of pyridine rings is 1. The minimum absolute atomic E-state index is 0.0984. The van der Waals surface area contributed by atoms with Crippen molar-refractivity contribution in [3.63, 3.8) is 0 Å². The number of anilines is 1. The number of nitrogens with one attached hydrogen (secondary N) is 2. The predicted octanol–water partition coefficient (Wildman–Crippen LogP) is 5.37. The average molecular weight is 491 g/mol. The highest BCUT2D eigenvalue weighted by atomic mass is 16.4. The van der Waals surface area contributed by atoms with E-state index >= 15 is 0 Å². The smallest absolute Gasteiger partial charge is 0.340 e. The Hall–Kier alpha value is -3.81. The molecular formula is C28H34N4O4. The first-order valence-electron chi connectivity index (χ1n) is 12.3. The van der Waals surface area contributed by atoms with Crippen LogP contribution in [0.5, 0.6) is 0 Å². The van der Waals surface area contributed by atoms with E-state index in [9.17, 15) is 19.5 Å². The number of hydrogen-bond acceptors (Lipinski definition) is 6. The van der Waals surface area contributed by atoms with Crippen molar-refractivity contribution in [3.05, 3.63) is 60.1 Å². The summed E-state index contributed by atoms with van der Waals surface area (Å²) in [6, 6.07) is 10.4. The molecule has 36 heavy (non-hydrogen) atoms. The monoisotopic (exact) mass is 490 g/mol. The van der Waals surface area contributed by atoms with Gasteiger partial charge in [-0.1, -0.05) is 25.1 Å². The minimum atomic E-state index is -1.28. The highest BCUT2D eigenvalue weighted by molar-refractivity contribution is 6.21. The number of benzene rings is 1. The number of aliphatic carboxylic acids is 1. The number of amides is 1. The molecule has 0 saturated heterocycles. The van der Waals surface area contributed by atoms with Gasteiger partial charge in [0.05, 0.1) is 0 Å². The van der Waals surface area contributed by atoms with Crippen molar-refractivity contribution in [2.45, 2.75) is 59.4 Å². The number of aromatic nitrogens is 1. The zero-order valence-electron chi connectivity index (χ0n) is 21.2. The van der Waals surface area contributed by atoms with Gasteiger partial charge in [0.2, 0.25) is 5.91 Å². The maximum atomic E-state index is 13.2. The van der Waals surface area contributed by atoms with Gasteiger partial charge in [0.25, 0.3) is 0 Å². The molecule has 1 saturated carbocycles. The Labute approximate surface area is 211 Å². The Kier molecular flexibility index (Phi) is 8.74. The largest absolute Gasteiger partial charge is 0.478 e. The van der Waals surface area contributed by atoms with E-state index < -0.39 is 5.97 Å². The molecule has 1 fully saturated rings. The third kappa shape index (κ3) is 6.44. The molecule has 1 aromatic carbocycles. The van der Waals surface area contributed by atoms with Gasteiger partial charge in [-0.25, -0.2) is 4.79 Å². The van der Waals surface area contributed by atoms with Crippen molar-refractivity contribution < 1.29 is 19.5 Å². The summed E-state index contributed by atoms with van der Waals surface area (Å²) in [7, 11) is 0. The first kappa shape index (κ1) is 26.8. The summed E-state index contributed by atoms with van der Waals surface area (Å²) in [5, 5.41) is 21.4. The summed E-state index contributed by atoms with van der Waals surface area (Å²) in [5.41, 5.74) is 2.48. The highest BCUT2D eigenvalue weighted by Gasteiger charge is 2.33. The summed E-state index contributed by atoms with van der Waals surface area (Å²) >= 11 is 0. The van der Waals surface area contributed by atoms with Crippen molar-refractivity contribution in [2.75, 3.05) is 5.32 Å². The fourth-order valence-electron chi connectivity index (χ4n) is 4.38. The number of nitrogens with zero attached hydrogens (tertiary/aromatic N) is 2. The van der Waals surface area contributed by atoms with Gasteiger partial charge in [-0.05, 0) is 69.2 Å². The molecule has 0 radical (unpaired) electrons. The topological polar surface area (TPSA) is 123 Å². The number of carboxylic acids is 1. The van der Waals surface area contributed by atoms with Crippen LogP contribution in [0, 0.1) is 17.2 Å². The maximum absolute atomic E-state index is 13.2. The summed E-state index contributed by atoms with van der Waals surface area (Å²) < 4.78 is 0. The zero-order chi connectivity index (χ0) is 26.4. The van der Waals surface area contributed by atoms with Gasteiger partial charge in [-0.3, -0.25) is 24.9 Å². The number of rotatable bonds is 8. The van der Waals surface area contributed by atoms with Crippen molar-refractivity contribution >= 4 is 29.2 Å². The number of ketones is 1. The number of hydrogen-bond donors (Lipinski definition) is 3. The van der Waals surface area contributed by atoms with E-state index in [4.69, 9.17) is 5.41 Å². The van der Waals surface area contributed by atoms with Crippen LogP contribution < -0.4 is 5.32 Å². The lowest BCUT2D eigenvalue weighted by Gasteiger charge is -2.33. The van der Waals surface area contributed by atoms with Crippen LogP contribution in [0.15, 0.2) is 54.4 Å². The zero-order valence-corrected chi connectivity index (χ0v) is 21.2. The SMILES string of the molecule is CC(=O)c1ccc(-c2ccc(N/C=C(\C(=N)N(C(=O)C3CCC(C)CC3)C(C)C)C(=O)O)cc2)cn1. The van der Waals surface area contributed by atoms with Gasteiger partial charge < -0.3 is 10.4 Å². The standard InChI is InChI=1S/C28H34N4O4/c1-17(2)32(27(34)21-7-5-18(3)6-8-21)26(29)24(28(35)36)16-30-23-12-9-20(10-13-23)22-11-14-25(19(4)33)31-15-22/h9-18,21,29-30H,5-8H2,1-4H3,(H,35,36)/b24-16+,29-26?. The van der Waals surface area contributed by atoms with Gasteiger partial charge in [-0.2, -0.15) is 0 Å². The Morgan fingerprint density at radius 2 is 1.67 bits per heavy atom. The quantitative estimate of drug-likeness (QED) is 0.198. The third-order valence-corrected chi connectivity index (χ3v) is 6.57. The molecule has 0 bridgehead atoms. The maximum Gasteiger partial charge on any atom is 0.340 e. The molecule has 0 unspecified atom stereocenters. The predicted molar refractivity (Wildman–Crippen MR) is 140 cm³/mol. The Bertz CT molecular complexity index is 1150. The van der Waals surface area contributed by atoms with Crippen molar-refractivity contribution in [1.29, 1.82) is 5.41 Å². The first-order valence-corrected chi connectivity index (χ1v) is 12.3. The summed E-state index contributed by atoms with van der Waals surface area (Å²) in [6.45, 7) is 7.23. The molecule has 1 amide bonds. The van der Waals surface area contributed by atoms with Crippen LogP contribution in [-0.4, -0.2) is 44.5 Å². The van der Waals surface area contributed by atoms with Gasteiger partial charge in [0, 0.05) is 42.5 Å². The van der Waals surface area contributed by atoms with E-state index in [0.29, 0.717) is 17.3 Å². The van der Waals surface area contributed by atoms with Crippen molar-refractivity contribution in [2.24, 2.45) is 11.8 Å². The van der Waals surface area contributed by atoms with Gasteiger partial charge in [-0.15, -0.1) is 0 Å². The summed E-state index contributed by atoms with van der Waals surface area (Å²) in [5.74, 6) is -1.47. The lowest BCUT2D eigenvalue weighted by atomic mass is 9.82. The Balaban J connectivity index is 1.75. The molecule has 8 heteroatoms. The van der Waals surface area contributed by atoms with E-state index in [1.807, 2.05) is 18.2 Å². The Morgan fingerprint density at radius 1 is 1.06 bits per heavy atom. The normalized spacial score (nSPS) is 18.0. The number of carbonyl (C=O) groups excluding carboxylic acids is 2. The number of Topliss-reactive ketones (excluding diaryl/α,β-unsaturated/α-hetero) is 1. The molecule has 1 aromatic heterocycles. The molecule has 190 valence electrons. The molecule has 3 N–H and O–H groups in total. The van der Waals surface area contributed by atoms with Crippen LogP contribution in [-0.2, 0) is 9.59 Å². The molecule has 1 heterocycles. The third-order valence-electron chi connectivity index (χ3n) is 6.57. The van der Waals surface area contributed by atoms with E-state index in [-0.39, 0.29) is 35.1 Å². The van der Waals surface area contributed by atoms with E-state index in [2.05, 4.69) is 17.2 Å². The van der Waals surface area contributed by atoms with Gasteiger partial charge >= 0.3 is 5.97 Å². The Morgan fingerprint density at radius 3 is 2.17 bits per heavy atom. The number of amidine groups is 1. The molecule has 8 nitrogen and oxygen atoms in total. The van der Waals surface area contributed by atoms with Gasteiger partial charge in [0.1, 0.15) is 17.1 Å². The summed E-state index contributed by atoms with van der Waals surface area (Å²) in [4.78, 5) is 42.2. The highest BCUT2D eigenvalue weighted by Crippen LogP contribution is 2.30.